The van der Waals surface area contributed by atoms with Gasteiger partial charge in [0.05, 0.1) is 4.83 Å². The fraction of sp³-hybridized carbons (Fsp3) is 0.467. The monoisotopic (exact) mass is 340 g/mol. The molecule has 2 heterocycles. The molecule has 1 unspecified atom stereocenters. The maximum absolute atomic E-state index is 3.87. The van der Waals surface area contributed by atoms with Crippen LogP contribution < -0.4 is 0 Å². The number of aryl methyl sites for hydroxylation is 3. The summed E-state index contributed by atoms with van der Waals surface area (Å²) in [5, 5.41) is 0. The van der Waals surface area contributed by atoms with E-state index in [1.165, 1.54) is 46.7 Å². The van der Waals surface area contributed by atoms with Crippen molar-refractivity contribution >= 4 is 38.6 Å². The maximum atomic E-state index is 3.87. The Kier molecular flexibility index (Phi) is 3.92. The molecule has 96 valence electrons. The van der Waals surface area contributed by atoms with Crippen molar-refractivity contribution in [2.75, 3.05) is 0 Å². The molecule has 0 aliphatic heterocycles. The first-order chi connectivity index (χ1) is 8.74. The quantitative estimate of drug-likeness (QED) is 0.473. The lowest BCUT2D eigenvalue weighted by atomic mass is 10.1. The van der Waals surface area contributed by atoms with Crippen molar-refractivity contribution in [2.45, 2.75) is 43.9 Å². The van der Waals surface area contributed by atoms with Gasteiger partial charge in [-0.05, 0) is 56.4 Å². The Balaban J connectivity index is 1.88. The average molecular weight is 341 g/mol. The van der Waals surface area contributed by atoms with Gasteiger partial charge in [-0.1, -0.05) is 22.4 Å². The molecule has 3 heteroatoms. The lowest BCUT2D eigenvalue weighted by Gasteiger charge is -2.04. The minimum atomic E-state index is 0.396. The molecule has 18 heavy (non-hydrogen) atoms. The van der Waals surface area contributed by atoms with Crippen LogP contribution in [0.4, 0.5) is 0 Å². The predicted octanol–water partition coefficient (Wildman–Crippen LogP) is 5.87. The molecule has 0 saturated heterocycles. The first-order valence-corrected chi connectivity index (χ1v) is 9.11. The third kappa shape index (κ3) is 2.59. The second kappa shape index (κ2) is 5.48. The summed E-state index contributed by atoms with van der Waals surface area (Å²) in [5.41, 5.74) is 1.62. The molecule has 0 spiro atoms. The van der Waals surface area contributed by atoms with Gasteiger partial charge in [-0.25, -0.2) is 0 Å². The van der Waals surface area contributed by atoms with Gasteiger partial charge < -0.3 is 0 Å². The van der Waals surface area contributed by atoms with Crippen LogP contribution in [-0.4, -0.2) is 0 Å². The molecule has 1 aliphatic rings. The van der Waals surface area contributed by atoms with E-state index < -0.39 is 0 Å². The number of halogens is 1. The number of thiophene rings is 2. The largest absolute Gasteiger partial charge is 0.144 e. The van der Waals surface area contributed by atoms with Crippen molar-refractivity contribution < 1.29 is 0 Å². The Morgan fingerprint density at radius 3 is 2.67 bits per heavy atom. The molecule has 0 nitrogen and oxygen atoms in total. The summed E-state index contributed by atoms with van der Waals surface area (Å²) in [6.45, 7) is 2.18. The summed E-state index contributed by atoms with van der Waals surface area (Å²) < 4.78 is 0. The Morgan fingerprint density at radius 1 is 1.06 bits per heavy atom. The van der Waals surface area contributed by atoms with Gasteiger partial charge in [-0.3, -0.25) is 0 Å². The Hall–Kier alpha value is -0.120. The first kappa shape index (κ1) is 12.9. The van der Waals surface area contributed by atoms with Crippen molar-refractivity contribution in [3.05, 3.63) is 43.3 Å². The molecule has 2 aromatic heterocycles. The van der Waals surface area contributed by atoms with Gasteiger partial charge >= 0.3 is 0 Å². The van der Waals surface area contributed by atoms with Gasteiger partial charge in [-0.15, -0.1) is 22.7 Å². The molecule has 3 rings (SSSR count). The van der Waals surface area contributed by atoms with Crippen LogP contribution in [0.15, 0.2) is 18.2 Å². The lowest BCUT2D eigenvalue weighted by molar-refractivity contribution is 0.712. The van der Waals surface area contributed by atoms with E-state index >= 15 is 0 Å². The number of alkyl halides is 1. The zero-order chi connectivity index (χ0) is 12.5. The highest BCUT2D eigenvalue weighted by atomic mass is 79.9. The molecule has 0 saturated carbocycles. The number of hydrogen-bond donors (Lipinski definition) is 0. The van der Waals surface area contributed by atoms with Crippen molar-refractivity contribution in [1.82, 2.24) is 0 Å². The zero-order valence-electron chi connectivity index (χ0n) is 10.5. The van der Waals surface area contributed by atoms with E-state index in [-0.39, 0.29) is 0 Å². The van der Waals surface area contributed by atoms with E-state index in [1.807, 2.05) is 22.7 Å². The van der Waals surface area contributed by atoms with Gasteiger partial charge in [0.2, 0.25) is 0 Å². The fourth-order valence-electron chi connectivity index (χ4n) is 2.55. The maximum Gasteiger partial charge on any atom is 0.0831 e. The van der Waals surface area contributed by atoms with Crippen LogP contribution in [-0.2, 0) is 12.8 Å². The summed E-state index contributed by atoms with van der Waals surface area (Å²) in [6.07, 6.45) is 6.73. The number of rotatable bonds is 2. The normalized spacial score (nSPS) is 17.2. The van der Waals surface area contributed by atoms with Gasteiger partial charge in [-0.2, -0.15) is 0 Å². The molecular formula is C15H17BrS2. The topological polar surface area (TPSA) is 0 Å². The first-order valence-electron chi connectivity index (χ1n) is 6.56. The summed E-state index contributed by atoms with van der Waals surface area (Å²) in [5.74, 6) is 0. The SMILES string of the molecule is Cc1ccc(C(Br)c2cc3c(s2)CCCCC3)s1. The molecule has 0 N–H and O–H groups in total. The second-order valence-corrected chi connectivity index (χ2v) is 8.37. The Bertz CT molecular complexity index is 515. The Labute approximate surface area is 125 Å². The average Bonchev–Trinajstić information content (AvgIpc) is 2.90. The highest BCUT2D eigenvalue weighted by Gasteiger charge is 2.18. The van der Waals surface area contributed by atoms with Crippen molar-refractivity contribution in [3.8, 4) is 0 Å². The molecule has 0 radical (unpaired) electrons. The van der Waals surface area contributed by atoms with E-state index in [2.05, 4.69) is 41.1 Å². The van der Waals surface area contributed by atoms with Crippen molar-refractivity contribution in [1.29, 1.82) is 0 Å². The van der Waals surface area contributed by atoms with Gasteiger partial charge in [0.1, 0.15) is 0 Å². The minimum Gasteiger partial charge on any atom is -0.144 e. The van der Waals surface area contributed by atoms with Crippen molar-refractivity contribution in [3.63, 3.8) is 0 Å². The van der Waals surface area contributed by atoms with Gasteiger partial charge in [0.25, 0.3) is 0 Å². The molecule has 1 aliphatic carbocycles. The number of fused-ring (bicyclic) bond motifs is 1. The smallest absolute Gasteiger partial charge is 0.0831 e. The van der Waals surface area contributed by atoms with Crippen molar-refractivity contribution in [2.24, 2.45) is 0 Å². The highest BCUT2D eigenvalue weighted by Crippen LogP contribution is 2.41. The predicted molar refractivity (Wildman–Crippen MR) is 85.4 cm³/mol. The standard InChI is InChI=1S/C15H17BrS2/c1-10-7-8-13(17-10)15(16)14-9-11-5-3-2-4-6-12(11)18-14/h7-9,15H,2-6H2,1H3. The molecule has 0 bridgehead atoms. The minimum absolute atomic E-state index is 0.396. The van der Waals surface area contributed by atoms with Gasteiger partial charge in [0.15, 0.2) is 0 Å². The van der Waals surface area contributed by atoms with Gasteiger partial charge in [0, 0.05) is 19.5 Å². The molecular weight excluding hydrogens is 324 g/mol. The summed E-state index contributed by atoms with van der Waals surface area (Å²) >= 11 is 7.80. The Morgan fingerprint density at radius 2 is 1.89 bits per heavy atom. The van der Waals surface area contributed by atoms with Crippen LogP contribution in [0.3, 0.4) is 0 Å². The third-order valence-corrected chi connectivity index (χ3v) is 7.49. The summed E-state index contributed by atoms with van der Waals surface area (Å²) in [7, 11) is 0. The van der Waals surface area contributed by atoms with E-state index in [4.69, 9.17) is 0 Å². The molecule has 0 aromatic carbocycles. The molecule has 0 amide bonds. The third-order valence-electron chi connectivity index (χ3n) is 3.53. The van der Waals surface area contributed by atoms with E-state index in [1.54, 1.807) is 10.4 Å². The second-order valence-electron chi connectivity index (χ2n) is 4.97. The van der Waals surface area contributed by atoms with Crippen LogP contribution in [0, 0.1) is 6.92 Å². The van der Waals surface area contributed by atoms with E-state index in [0.29, 0.717) is 4.83 Å². The zero-order valence-corrected chi connectivity index (χ0v) is 13.8. The van der Waals surface area contributed by atoms with Crippen LogP contribution in [0.1, 0.15) is 49.2 Å². The summed E-state index contributed by atoms with van der Waals surface area (Å²) in [4.78, 5) is 6.36. The lowest BCUT2D eigenvalue weighted by Crippen LogP contribution is -1.85. The fourth-order valence-corrected chi connectivity index (χ4v) is 5.59. The molecule has 2 aromatic rings. The van der Waals surface area contributed by atoms with Crippen LogP contribution in [0.2, 0.25) is 0 Å². The highest BCUT2D eigenvalue weighted by molar-refractivity contribution is 9.09. The van der Waals surface area contributed by atoms with E-state index in [0.717, 1.165) is 0 Å². The molecule has 1 atom stereocenters. The number of hydrogen-bond acceptors (Lipinski definition) is 2. The molecule has 0 fully saturated rings. The van der Waals surface area contributed by atoms with Crippen LogP contribution >= 0.6 is 38.6 Å². The van der Waals surface area contributed by atoms with Crippen LogP contribution in [0.5, 0.6) is 0 Å². The van der Waals surface area contributed by atoms with Crippen LogP contribution in [0.25, 0.3) is 0 Å². The summed E-state index contributed by atoms with van der Waals surface area (Å²) in [6, 6.07) is 6.91. The van der Waals surface area contributed by atoms with E-state index in [9.17, 15) is 0 Å².